The third-order valence-corrected chi connectivity index (χ3v) is 6.14. The van der Waals surface area contributed by atoms with Crippen molar-refractivity contribution < 1.29 is 18.3 Å². The third kappa shape index (κ3) is 4.57. The van der Waals surface area contributed by atoms with Crippen LogP contribution in [0.15, 0.2) is 36.8 Å². The molecular formula is C25H25F2N7O2. The number of hydrogen-bond donors (Lipinski definition) is 2. The molecule has 3 aromatic heterocycles. The number of aromatic amines is 1. The first-order valence-corrected chi connectivity index (χ1v) is 11.5. The molecule has 1 fully saturated rings. The predicted octanol–water partition coefficient (Wildman–Crippen LogP) is 4.43. The summed E-state index contributed by atoms with van der Waals surface area (Å²) in [6.45, 7) is 6.80. The summed E-state index contributed by atoms with van der Waals surface area (Å²) in [4.78, 5) is 32.5. The van der Waals surface area contributed by atoms with Crippen LogP contribution < -0.4 is 15.0 Å². The number of nitrogens with zero attached hydrogens (tertiary/aromatic N) is 5. The van der Waals surface area contributed by atoms with Crippen LogP contribution in [0.3, 0.4) is 0 Å². The Bertz CT molecular complexity index is 1430. The van der Waals surface area contributed by atoms with Crippen molar-refractivity contribution in [2.24, 2.45) is 0 Å². The molecule has 0 radical (unpaired) electrons. The van der Waals surface area contributed by atoms with Crippen molar-refractivity contribution in [2.75, 3.05) is 43.4 Å². The van der Waals surface area contributed by atoms with E-state index in [4.69, 9.17) is 4.74 Å². The summed E-state index contributed by atoms with van der Waals surface area (Å²) >= 11 is 0. The summed E-state index contributed by atoms with van der Waals surface area (Å²) in [5.41, 5.74) is 1.64. The van der Waals surface area contributed by atoms with E-state index >= 15 is 4.39 Å². The monoisotopic (exact) mass is 493 g/mol. The molecule has 0 atom stereocenters. The second-order valence-electron chi connectivity index (χ2n) is 8.79. The van der Waals surface area contributed by atoms with Gasteiger partial charge in [-0.3, -0.25) is 4.79 Å². The fourth-order valence-corrected chi connectivity index (χ4v) is 4.20. The Morgan fingerprint density at radius 2 is 1.89 bits per heavy atom. The van der Waals surface area contributed by atoms with Gasteiger partial charge in [-0.25, -0.2) is 23.7 Å². The van der Waals surface area contributed by atoms with E-state index in [0.717, 1.165) is 37.9 Å². The van der Waals surface area contributed by atoms with E-state index in [1.54, 1.807) is 19.2 Å². The molecule has 0 saturated carbocycles. The first-order chi connectivity index (χ1) is 17.3. The van der Waals surface area contributed by atoms with Crippen LogP contribution in [0.5, 0.6) is 11.6 Å². The molecular weight excluding hydrogens is 468 g/mol. The Kier molecular flexibility index (Phi) is 6.23. The number of Topliss-reactive ketones (excluding diaryl/α,β-unsaturated/α-hetero) is 1. The molecule has 4 heterocycles. The number of carbonyl (C=O) groups is 1. The van der Waals surface area contributed by atoms with E-state index in [1.807, 2.05) is 6.07 Å². The van der Waals surface area contributed by atoms with Gasteiger partial charge >= 0.3 is 0 Å². The molecule has 0 bridgehead atoms. The molecule has 0 amide bonds. The number of benzene rings is 1. The Hall–Kier alpha value is -4.12. The van der Waals surface area contributed by atoms with E-state index in [0.29, 0.717) is 11.5 Å². The van der Waals surface area contributed by atoms with Gasteiger partial charge in [-0.1, -0.05) is 0 Å². The third-order valence-electron chi connectivity index (χ3n) is 6.14. The Morgan fingerprint density at radius 3 is 2.58 bits per heavy atom. The van der Waals surface area contributed by atoms with Crippen molar-refractivity contribution in [1.29, 1.82) is 0 Å². The van der Waals surface area contributed by atoms with Gasteiger partial charge in [0.25, 0.3) is 0 Å². The second kappa shape index (κ2) is 9.50. The number of ketones is 1. The SMILES string of the molecule is CC(=O)c1c(Nc2ccc(N3CCN(C)CC3)cn2)ncnc1Oc1cc(F)c2[nH]c(C)cc2c1F. The highest BCUT2D eigenvalue weighted by Crippen LogP contribution is 2.34. The summed E-state index contributed by atoms with van der Waals surface area (Å²) in [6.07, 6.45) is 2.93. The molecule has 1 aromatic carbocycles. The van der Waals surface area contributed by atoms with Crippen LogP contribution in [0.4, 0.5) is 26.1 Å². The van der Waals surface area contributed by atoms with Crippen LogP contribution in [0, 0.1) is 18.6 Å². The largest absolute Gasteiger partial charge is 0.435 e. The summed E-state index contributed by atoms with van der Waals surface area (Å²) < 4.78 is 35.2. The minimum absolute atomic E-state index is 0.00685. The molecule has 2 N–H and O–H groups in total. The average molecular weight is 494 g/mol. The molecule has 0 spiro atoms. The Labute approximate surface area is 206 Å². The number of anilines is 3. The first-order valence-electron chi connectivity index (χ1n) is 11.5. The smallest absolute Gasteiger partial charge is 0.235 e. The van der Waals surface area contributed by atoms with Crippen LogP contribution >= 0.6 is 0 Å². The number of pyridine rings is 1. The lowest BCUT2D eigenvalue weighted by molar-refractivity contribution is 0.101. The number of aromatic nitrogens is 4. The summed E-state index contributed by atoms with van der Waals surface area (Å²) in [7, 11) is 2.10. The summed E-state index contributed by atoms with van der Waals surface area (Å²) in [5.74, 6) is -1.84. The molecule has 11 heteroatoms. The van der Waals surface area contributed by atoms with Crippen molar-refractivity contribution >= 4 is 34.0 Å². The molecule has 186 valence electrons. The number of likely N-dealkylation sites (N-methyl/N-ethyl adjacent to an activating group) is 1. The van der Waals surface area contributed by atoms with E-state index in [-0.39, 0.29) is 33.9 Å². The lowest BCUT2D eigenvalue weighted by Gasteiger charge is -2.33. The molecule has 36 heavy (non-hydrogen) atoms. The van der Waals surface area contributed by atoms with Crippen molar-refractivity contribution in [2.45, 2.75) is 13.8 Å². The number of nitrogens with one attached hydrogen (secondary N) is 2. The lowest BCUT2D eigenvalue weighted by Crippen LogP contribution is -2.44. The number of ether oxygens (including phenoxy) is 1. The van der Waals surface area contributed by atoms with E-state index in [1.165, 1.54) is 19.3 Å². The van der Waals surface area contributed by atoms with Crippen LogP contribution in [0.25, 0.3) is 10.9 Å². The van der Waals surface area contributed by atoms with Gasteiger partial charge in [-0.15, -0.1) is 0 Å². The maximum Gasteiger partial charge on any atom is 0.235 e. The van der Waals surface area contributed by atoms with Crippen molar-refractivity contribution in [1.82, 2.24) is 24.8 Å². The van der Waals surface area contributed by atoms with Gasteiger partial charge in [0, 0.05) is 43.3 Å². The molecule has 5 rings (SSSR count). The quantitative estimate of drug-likeness (QED) is 0.381. The maximum absolute atomic E-state index is 15.1. The number of aryl methyl sites for hydroxylation is 1. The number of piperazine rings is 1. The Balaban J connectivity index is 1.42. The van der Waals surface area contributed by atoms with E-state index in [9.17, 15) is 9.18 Å². The van der Waals surface area contributed by atoms with Gasteiger partial charge in [0.05, 0.1) is 17.4 Å². The minimum atomic E-state index is -0.764. The van der Waals surface area contributed by atoms with E-state index < -0.39 is 17.4 Å². The molecule has 4 aromatic rings. The van der Waals surface area contributed by atoms with Crippen molar-refractivity contribution in [3.8, 4) is 11.6 Å². The minimum Gasteiger partial charge on any atom is -0.435 e. The fourth-order valence-electron chi connectivity index (χ4n) is 4.20. The number of carbonyl (C=O) groups excluding carboxylic acids is 1. The zero-order valence-corrected chi connectivity index (χ0v) is 20.1. The number of hydrogen-bond acceptors (Lipinski definition) is 8. The summed E-state index contributed by atoms with van der Waals surface area (Å²) in [5, 5.41) is 3.06. The van der Waals surface area contributed by atoms with Gasteiger partial charge in [0.15, 0.2) is 23.2 Å². The molecule has 1 aliphatic heterocycles. The van der Waals surface area contributed by atoms with Gasteiger partial charge in [0.1, 0.15) is 23.5 Å². The molecule has 1 saturated heterocycles. The van der Waals surface area contributed by atoms with Crippen molar-refractivity contribution in [3.05, 3.63) is 59.7 Å². The number of fused-ring (bicyclic) bond motifs is 1. The highest BCUT2D eigenvalue weighted by Gasteiger charge is 2.22. The van der Waals surface area contributed by atoms with Gasteiger partial charge in [0.2, 0.25) is 5.88 Å². The van der Waals surface area contributed by atoms with Crippen LogP contribution in [-0.4, -0.2) is 63.8 Å². The maximum atomic E-state index is 15.1. The second-order valence-corrected chi connectivity index (χ2v) is 8.79. The topological polar surface area (TPSA) is 99.3 Å². The van der Waals surface area contributed by atoms with Crippen LogP contribution in [-0.2, 0) is 0 Å². The molecule has 0 unspecified atom stereocenters. The molecule has 9 nitrogen and oxygen atoms in total. The van der Waals surface area contributed by atoms with Crippen molar-refractivity contribution in [3.63, 3.8) is 0 Å². The molecule has 1 aliphatic rings. The first kappa shape index (κ1) is 23.6. The van der Waals surface area contributed by atoms with Gasteiger partial charge in [-0.2, -0.15) is 0 Å². The number of H-pyrrole nitrogens is 1. The highest BCUT2D eigenvalue weighted by atomic mass is 19.1. The zero-order chi connectivity index (χ0) is 25.4. The average Bonchev–Trinajstić information content (AvgIpc) is 3.26. The predicted molar refractivity (Wildman–Crippen MR) is 132 cm³/mol. The van der Waals surface area contributed by atoms with E-state index in [2.05, 4.69) is 42.1 Å². The Morgan fingerprint density at radius 1 is 1.11 bits per heavy atom. The number of rotatable bonds is 6. The van der Waals surface area contributed by atoms with Gasteiger partial charge < -0.3 is 24.8 Å². The zero-order valence-electron chi connectivity index (χ0n) is 20.1. The number of halogens is 2. The summed E-state index contributed by atoms with van der Waals surface area (Å²) in [6, 6.07) is 6.14. The standard InChI is InChI=1S/C25H25F2N7O2/c1-14-10-17-22(27)19(11-18(26)23(17)31-14)36-25-21(15(2)35)24(29-13-30-25)32-20-5-4-16(12-28-20)34-8-6-33(3)7-9-34/h4-5,10-13,31H,6-9H2,1-3H3,(H,28,29,30,32). The van der Waals surface area contributed by atoms with Crippen LogP contribution in [0.2, 0.25) is 0 Å². The molecule has 0 aliphatic carbocycles. The highest BCUT2D eigenvalue weighted by molar-refractivity contribution is 6.01. The fraction of sp³-hybridized carbons (Fsp3) is 0.280. The normalized spacial score (nSPS) is 14.3. The van der Waals surface area contributed by atoms with Crippen LogP contribution in [0.1, 0.15) is 23.0 Å². The lowest BCUT2D eigenvalue weighted by atomic mass is 10.2. The van der Waals surface area contributed by atoms with Gasteiger partial charge in [-0.05, 0) is 39.1 Å².